The molecule has 3 aromatic carbocycles. The molecule has 0 aliphatic carbocycles. The fourth-order valence-electron chi connectivity index (χ4n) is 4.70. The van der Waals surface area contributed by atoms with Gasteiger partial charge in [0, 0.05) is 30.4 Å². The summed E-state index contributed by atoms with van der Waals surface area (Å²) in [5.74, 6) is 1.28. The van der Waals surface area contributed by atoms with Gasteiger partial charge in [0.15, 0.2) is 0 Å². The van der Waals surface area contributed by atoms with Crippen LogP contribution in [0.15, 0.2) is 78.9 Å². The number of methoxy groups -OCH3 is 1. The Kier molecular flexibility index (Phi) is 6.89. The number of benzene rings is 3. The average molecular weight is 484 g/mol. The van der Waals surface area contributed by atoms with E-state index in [1.807, 2.05) is 88.3 Å². The van der Waals surface area contributed by atoms with E-state index in [1.165, 1.54) is 0 Å². The molecule has 0 saturated heterocycles. The Balaban J connectivity index is 1.37. The third-order valence-electron chi connectivity index (χ3n) is 6.42. The smallest absolute Gasteiger partial charge is 0.271 e. The van der Waals surface area contributed by atoms with Crippen LogP contribution in [0.5, 0.6) is 11.5 Å². The number of fused-ring (bicyclic) bond motifs is 3. The van der Waals surface area contributed by atoms with E-state index in [0.717, 1.165) is 34.3 Å². The van der Waals surface area contributed by atoms with Crippen molar-refractivity contribution in [3.05, 3.63) is 95.8 Å². The number of ether oxygens (including phenoxy) is 2. The summed E-state index contributed by atoms with van der Waals surface area (Å²) in [7, 11) is 1.64. The number of nitrogens with one attached hydrogen (secondary N) is 1. The zero-order valence-corrected chi connectivity index (χ0v) is 20.3. The molecule has 0 unspecified atom stereocenters. The maximum Gasteiger partial charge on any atom is 0.271 e. The molecule has 36 heavy (non-hydrogen) atoms. The van der Waals surface area contributed by atoms with Crippen molar-refractivity contribution in [2.75, 3.05) is 26.8 Å². The van der Waals surface area contributed by atoms with Crippen LogP contribution >= 0.6 is 0 Å². The van der Waals surface area contributed by atoms with E-state index in [4.69, 9.17) is 9.47 Å². The van der Waals surface area contributed by atoms with Gasteiger partial charge in [-0.15, -0.1) is 0 Å². The predicted octanol–water partition coefficient (Wildman–Crippen LogP) is 4.50. The molecule has 4 aromatic rings. The van der Waals surface area contributed by atoms with Gasteiger partial charge in [-0.1, -0.05) is 54.6 Å². The van der Waals surface area contributed by atoms with Gasteiger partial charge in [-0.05, 0) is 36.2 Å². The Morgan fingerprint density at radius 1 is 0.889 bits per heavy atom. The van der Waals surface area contributed by atoms with Crippen LogP contribution in [0.3, 0.4) is 0 Å². The molecule has 0 fully saturated rings. The largest absolute Gasteiger partial charge is 0.497 e. The number of carbonyl (C=O) groups is 2. The predicted molar refractivity (Wildman–Crippen MR) is 139 cm³/mol. The second kappa shape index (κ2) is 10.6. The molecule has 0 radical (unpaired) electrons. The molecule has 7 heteroatoms. The summed E-state index contributed by atoms with van der Waals surface area (Å²) < 4.78 is 12.9. The number of para-hydroxylation sites is 1. The van der Waals surface area contributed by atoms with Crippen LogP contribution in [0.4, 0.5) is 0 Å². The van der Waals surface area contributed by atoms with Crippen LogP contribution < -0.4 is 14.8 Å². The lowest BCUT2D eigenvalue weighted by atomic mass is 10.1. The summed E-state index contributed by atoms with van der Waals surface area (Å²) in [6.07, 6.45) is 0.757. The maximum absolute atomic E-state index is 13.8. The molecule has 2 heterocycles. The molecule has 7 nitrogen and oxygen atoms in total. The lowest BCUT2D eigenvalue weighted by Crippen LogP contribution is -2.31. The molecular formula is C29H29N3O4. The molecule has 0 atom stereocenters. The maximum atomic E-state index is 13.8. The SMILES string of the molecule is COc1ccc(CN2CCCn3c(C(=O)NCCOc4ccccc4)c4ccccc4c3C2=O)cc1. The molecule has 1 N–H and O–H groups in total. The van der Waals surface area contributed by atoms with Gasteiger partial charge in [-0.2, -0.15) is 0 Å². The highest BCUT2D eigenvalue weighted by Gasteiger charge is 2.30. The van der Waals surface area contributed by atoms with Crippen molar-refractivity contribution in [3.8, 4) is 11.5 Å². The number of rotatable bonds is 8. The fourth-order valence-corrected chi connectivity index (χ4v) is 4.70. The van der Waals surface area contributed by atoms with Crippen LogP contribution in [-0.2, 0) is 13.1 Å². The normalized spacial score (nSPS) is 13.2. The highest BCUT2D eigenvalue weighted by Crippen LogP contribution is 2.30. The monoisotopic (exact) mass is 483 g/mol. The van der Waals surface area contributed by atoms with E-state index in [2.05, 4.69) is 5.32 Å². The van der Waals surface area contributed by atoms with E-state index in [0.29, 0.717) is 44.2 Å². The first-order valence-electron chi connectivity index (χ1n) is 12.1. The first kappa shape index (κ1) is 23.5. The Morgan fingerprint density at radius 3 is 2.36 bits per heavy atom. The summed E-state index contributed by atoms with van der Waals surface area (Å²) in [6, 6.07) is 24.9. The van der Waals surface area contributed by atoms with Crippen LogP contribution in [0.25, 0.3) is 10.8 Å². The van der Waals surface area contributed by atoms with Crippen molar-refractivity contribution in [1.82, 2.24) is 14.8 Å². The summed E-state index contributed by atoms with van der Waals surface area (Å²) in [5, 5.41) is 4.56. The van der Waals surface area contributed by atoms with Crippen molar-refractivity contribution in [3.63, 3.8) is 0 Å². The first-order chi connectivity index (χ1) is 17.7. The molecule has 2 amide bonds. The third-order valence-corrected chi connectivity index (χ3v) is 6.42. The van der Waals surface area contributed by atoms with Gasteiger partial charge in [-0.25, -0.2) is 0 Å². The lowest BCUT2D eigenvalue weighted by Gasteiger charge is -2.20. The van der Waals surface area contributed by atoms with Crippen LogP contribution in [0.1, 0.15) is 33.0 Å². The molecule has 5 rings (SSSR count). The lowest BCUT2D eigenvalue weighted by molar-refractivity contribution is 0.0748. The van der Waals surface area contributed by atoms with E-state index in [1.54, 1.807) is 7.11 Å². The molecule has 184 valence electrons. The zero-order valence-electron chi connectivity index (χ0n) is 20.3. The molecule has 1 aromatic heterocycles. The number of hydrogen-bond donors (Lipinski definition) is 1. The van der Waals surface area contributed by atoms with Gasteiger partial charge in [0.1, 0.15) is 29.5 Å². The van der Waals surface area contributed by atoms with Gasteiger partial charge >= 0.3 is 0 Å². The van der Waals surface area contributed by atoms with Gasteiger partial charge < -0.3 is 24.3 Å². The quantitative estimate of drug-likeness (QED) is 0.375. The Morgan fingerprint density at radius 2 is 1.61 bits per heavy atom. The van der Waals surface area contributed by atoms with Gasteiger partial charge in [0.05, 0.1) is 13.7 Å². The number of amides is 2. The van der Waals surface area contributed by atoms with E-state index in [-0.39, 0.29) is 11.8 Å². The number of hydrogen-bond acceptors (Lipinski definition) is 4. The zero-order chi connectivity index (χ0) is 24.9. The van der Waals surface area contributed by atoms with Gasteiger partial charge in [0.2, 0.25) is 0 Å². The topological polar surface area (TPSA) is 72.8 Å². The van der Waals surface area contributed by atoms with Crippen molar-refractivity contribution in [2.24, 2.45) is 0 Å². The molecule has 0 spiro atoms. The standard InChI is InChI=1S/C29H29N3O4/c1-35-22-14-12-21(13-15-22)20-31-17-7-18-32-26(24-10-5-6-11-25(24)27(32)29(31)34)28(33)30-16-19-36-23-8-3-2-4-9-23/h2-6,8-15H,7,16-20H2,1H3,(H,30,33). The van der Waals surface area contributed by atoms with E-state index in [9.17, 15) is 9.59 Å². The van der Waals surface area contributed by atoms with Crippen LogP contribution in [0, 0.1) is 0 Å². The van der Waals surface area contributed by atoms with Gasteiger partial charge in [-0.3, -0.25) is 9.59 Å². The number of carbonyl (C=O) groups excluding carboxylic acids is 2. The number of nitrogens with zero attached hydrogens (tertiary/aromatic N) is 2. The van der Waals surface area contributed by atoms with Crippen LogP contribution in [0.2, 0.25) is 0 Å². The highest BCUT2D eigenvalue weighted by molar-refractivity contribution is 6.14. The Bertz CT molecular complexity index is 1360. The third kappa shape index (κ3) is 4.77. The first-order valence-corrected chi connectivity index (χ1v) is 12.1. The van der Waals surface area contributed by atoms with Crippen LogP contribution in [-0.4, -0.2) is 48.1 Å². The molecular weight excluding hydrogens is 454 g/mol. The molecule has 0 saturated carbocycles. The van der Waals surface area contributed by atoms with Gasteiger partial charge in [0.25, 0.3) is 11.8 Å². The minimum atomic E-state index is -0.203. The molecule has 1 aliphatic rings. The fraction of sp³-hybridized carbons (Fsp3) is 0.241. The van der Waals surface area contributed by atoms with Crippen molar-refractivity contribution in [2.45, 2.75) is 19.5 Å². The number of aromatic nitrogens is 1. The summed E-state index contributed by atoms with van der Waals surface area (Å²) in [4.78, 5) is 29.0. The minimum absolute atomic E-state index is 0.0639. The molecule has 0 bridgehead atoms. The summed E-state index contributed by atoms with van der Waals surface area (Å²) >= 11 is 0. The van der Waals surface area contributed by atoms with E-state index < -0.39 is 0 Å². The molecule has 1 aliphatic heterocycles. The van der Waals surface area contributed by atoms with Crippen molar-refractivity contribution in [1.29, 1.82) is 0 Å². The summed E-state index contributed by atoms with van der Waals surface area (Å²) in [6.45, 7) is 2.43. The second-order valence-corrected chi connectivity index (χ2v) is 8.74. The average Bonchev–Trinajstić information content (AvgIpc) is 3.16. The Hall–Kier alpha value is -4.26. The van der Waals surface area contributed by atoms with Crippen molar-refractivity contribution < 1.29 is 19.1 Å². The Labute approximate surface area is 210 Å². The minimum Gasteiger partial charge on any atom is -0.497 e. The van der Waals surface area contributed by atoms with Crippen molar-refractivity contribution >= 4 is 22.6 Å². The second-order valence-electron chi connectivity index (χ2n) is 8.74. The highest BCUT2D eigenvalue weighted by atomic mass is 16.5. The summed E-state index contributed by atoms with van der Waals surface area (Å²) in [5.41, 5.74) is 2.13. The van der Waals surface area contributed by atoms with E-state index >= 15 is 0 Å².